The number of benzene rings is 7. The number of nitrogens with zero attached hydrogens (tertiary/aromatic N) is 3. The molecule has 0 atom stereocenters. The van der Waals surface area contributed by atoms with E-state index in [1.165, 1.54) is 0 Å². The second-order valence-electron chi connectivity index (χ2n) is 11.7. The topological polar surface area (TPSA) is 61.9 Å². The van der Waals surface area contributed by atoms with Crippen molar-refractivity contribution in [3.63, 3.8) is 0 Å². The number of hydrogen-bond acceptors (Lipinski definition) is 6. The van der Waals surface area contributed by atoms with Gasteiger partial charge in [-0.3, -0.25) is 0 Å². The van der Waals surface area contributed by atoms with E-state index < -0.39 is 0 Å². The predicted octanol–water partition coefficient (Wildman–Crippen LogP) is 12.3. The summed E-state index contributed by atoms with van der Waals surface area (Å²) in [6.45, 7) is 0. The Kier molecular flexibility index (Phi) is 6.74. The highest BCUT2D eigenvalue weighted by Crippen LogP contribution is 2.55. The number of furan rings is 1. The van der Waals surface area contributed by atoms with E-state index in [9.17, 15) is 5.26 Å². The van der Waals surface area contributed by atoms with Gasteiger partial charge < -0.3 is 23.7 Å². The quantitative estimate of drug-likeness (QED) is 0.182. The lowest BCUT2D eigenvalue weighted by Crippen LogP contribution is -2.15. The van der Waals surface area contributed by atoms with Crippen LogP contribution in [-0.4, -0.2) is 0 Å². The molecule has 0 unspecified atom stereocenters. The van der Waals surface area contributed by atoms with Gasteiger partial charge in [0.15, 0.2) is 23.0 Å². The molecule has 0 aliphatic carbocycles. The molecule has 0 amide bonds. The van der Waals surface area contributed by atoms with Crippen molar-refractivity contribution in [1.29, 1.82) is 5.26 Å². The van der Waals surface area contributed by atoms with Crippen LogP contribution >= 0.6 is 0 Å². The Balaban J connectivity index is 1.30. The van der Waals surface area contributed by atoms with Gasteiger partial charge in [0.2, 0.25) is 0 Å². The summed E-state index contributed by atoms with van der Waals surface area (Å²) < 4.78 is 19.7. The van der Waals surface area contributed by atoms with Crippen LogP contribution < -0.4 is 19.3 Å². The van der Waals surface area contributed by atoms with Gasteiger partial charge in [-0.25, -0.2) is 0 Å². The lowest BCUT2D eigenvalue weighted by atomic mass is 10.1. The number of nitriles is 1. The number of ether oxygens (including phenoxy) is 2. The molecule has 2 heterocycles. The van der Waals surface area contributed by atoms with Gasteiger partial charge in [-0.05, 0) is 84.9 Å². The maximum absolute atomic E-state index is 9.53. The third kappa shape index (κ3) is 4.98. The van der Waals surface area contributed by atoms with Gasteiger partial charge in [-0.1, -0.05) is 66.7 Å². The normalized spacial score (nSPS) is 11.6. The first-order valence-corrected chi connectivity index (χ1v) is 16.0. The third-order valence-corrected chi connectivity index (χ3v) is 8.70. The molecule has 0 bridgehead atoms. The fourth-order valence-corrected chi connectivity index (χ4v) is 6.46. The van der Waals surface area contributed by atoms with Crippen LogP contribution in [0.25, 0.3) is 21.9 Å². The highest BCUT2D eigenvalue weighted by atomic mass is 16.6. The van der Waals surface area contributed by atoms with Crippen molar-refractivity contribution in [3.05, 3.63) is 169 Å². The number of rotatable bonds is 6. The molecule has 0 saturated heterocycles. The van der Waals surface area contributed by atoms with E-state index in [4.69, 9.17) is 13.9 Å². The Hall–Kier alpha value is -6.97. The predicted molar refractivity (Wildman–Crippen MR) is 194 cm³/mol. The van der Waals surface area contributed by atoms with Gasteiger partial charge in [0.25, 0.3) is 0 Å². The average molecular weight is 634 g/mol. The van der Waals surface area contributed by atoms with Crippen LogP contribution in [-0.2, 0) is 0 Å². The second-order valence-corrected chi connectivity index (χ2v) is 11.7. The number of hydrogen-bond donors (Lipinski definition) is 0. The molecule has 0 N–H and O–H groups in total. The fourth-order valence-electron chi connectivity index (χ4n) is 6.46. The van der Waals surface area contributed by atoms with Crippen LogP contribution in [0.15, 0.2) is 168 Å². The van der Waals surface area contributed by atoms with Crippen LogP contribution in [0.1, 0.15) is 5.56 Å². The molecule has 1 aromatic heterocycles. The van der Waals surface area contributed by atoms with Crippen molar-refractivity contribution in [1.82, 2.24) is 0 Å². The Morgan fingerprint density at radius 2 is 1.02 bits per heavy atom. The monoisotopic (exact) mass is 633 g/mol. The first-order chi connectivity index (χ1) is 24.2. The molecule has 7 aromatic carbocycles. The Labute approximate surface area is 282 Å². The standard InChI is InChI=1S/C43H27N3O3/c44-28-29-19-21-32(22-20-29)45(30-11-3-1-4-12-30)34-25-37(43-42(27-34)48-39-17-9-10-18-40(39)49-43)46(31-13-5-2-6-14-31)33-23-24-36-35-15-7-8-16-38(35)47-41(36)26-33/h1-27H. The molecule has 0 saturated carbocycles. The average Bonchev–Trinajstić information content (AvgIpc) is 3.53. The molecule has 1 aliphatic heterocycles. The summed E-state index contributed by atoms with van der Waals surface area (Å²) in [5, 5.41) is 11.7. The van der Waals surface area contributed by atoms with Crippen molar-refractivity contribution in [2.24, 2.45) is 0 Å². The zero-order valence-electron chi connectivity index (χ0n) is 26.2. The van der Waals surface area contributed by atoms with Crippen LogP contribution in [0.5, 0.6) is 23.0 Å². The van der Waals surface area contributed by atoms with Gasteiger partial charge >= 0.3 is 0 Å². The molecule has 6 nitrogen and oxygen atoms in total. The zero-order valence-corrected chi connectivity index (χ0v) is 26.2. The molecule has 0 fully saturated rings. The maximum Gasteiger partial charge on any atom is 0.194 e. The summed E-state index contributed by atoms with van der Waals surface area (Å²) in [5.41, 5.74) is 7.51. The molecule has 0 spiro atoms. The lowest BCUT2D eigenvalue weighted by molar-refractivity contribution is 0.360. The van der Waals surface area contributed by atoms with E-state index in [0.29, 0.717) is 28.6 Å². The van der Waals surface area contributed by atoms with Gasteiger partial charge in [0, 0.05) is 40.0 Å². The molecule has 9 rings (SSSR count). The minimum absolute atomic E-state index is 0.575. The van der Waals surface area contributed by atoms with Gasteiger partial charge in [0.1, 0.15) is 11.2 Å². The molecular formula is C43H27N3O3. The summed E-state index contributed by atoms with van der Waals surface area (Å²) >= 11 is 0. The van der Waals surface area contributed by atoms with Crippen molar-refractivity contribution >= 4 is 56.1 Å². The Morgan fingerprint density at radius 3 is 1.76 bits per heavy atom. The minimum Gasteiger partial charge on any atom is -0.456 e. The second kappa shape index (κ2) is 11.7. The smallest absolute Gasteiger partial charge is 0.194 e. The van der Waals surface area contributed by atoms with E-state index in [0.717, 1.165) is 56.1 Å². The molecule has 0 radical (unpaired) electrons. The van der Waals surface area contributed by atoms with Crippen molar-refractivity contribution in [3.8, 4) is 29.1 Å². The molecule has 232 valence electrons. The molecule has 6 heteroatoms. The summed E-state index contributed by atoms with van der Waals surface area (Å²) in [6, 6.07) is 56.4. The highest BCUT2D eigenvalue weighted by molar-refractivity contribution is 6.06. The Bertz CT molecular complexity index is 2520. The third-order valence-electron chi connectivity index (χ3n) is 8.70. The van der Waals surface area contributed by atoms with Crippen molar-refractivity contribution in [2.75, 3.05) is 9.80 Å². The van der Waals surface area contributed by atoms with Gasteiger partial charge in [-0.2, -0.15) is 5.26 Å². The lowest BCUT2D eigenvalue weighted by Gasteiger charge is -2.33. The zero-order chi connectivity index (χ0) is 32.7. The van der Waals surface area contributed by atoms with Gasteiger partial charge in [-0.15, -0.1) is 0 Å². The summed E-state index contributed by atoms with van der Waals surface area (Å²) in [7, 11) is 0. The molecule has 8 aromatic rings. The van der Waals surface area contributed by atoms with Gasteiger partial charge in [0.05, 0.1) is 28.7 Å². The van der Waals surface area contributed by atoms with E-state index in [1.54, 1.807) is 0 Å². The Morgan fingerprint density at radius 1 is 0.429 bits per heavy atom. The van der Waals surface area contributed by atoms with Crippen LogP contribution in [0.2, 0.25) is 0 Å². The van der Waals surface area contributed by atoms with E-state index in [-0.39, 0.29) is 0 Å². The first kappa shape index (κ1) is 28.3. The summed E-state index contributed by atoms with van der Waals surface area (Å²) in [6.07, 6.45) is 0. The summed E-state index contributed by atoms with van der Waals surface area (Å²) in [5.74, 6) is 2.44. The fraction of sp³-hybridized carbons (Fsp3) is 0. The molecular weight excluding hydrogens is 606 g/mol. The number of anilines is 6. The van der Waals surface area contributed by atoms with E-state index >= 15 is 0 Å². The van der Waals surface area contributed by atoms with Crippen LogP contribution in [0.3, 0.4) is 0 Å². The van der Waals surface area contributed by atoms with Crippen molar-refractivity contribution in [2.45, 2.75) is 0 Å². The molecule has 49 heavy (non-hydrogen) atoms. The maximum atomic E-state index is 9.53. The van der Waals surface area contributed by atoms with E-state index in [2.05, 4.69) is 70.5 Å². The molecule has 1 aliphatic rings. The number of fused-ring (bicyclic) bond motifs is 5. The minimum atomic E-state index is 0.575. The first-order valence-electron chi connectivity index (χ1n) is 16.0. The van der Waals surface area contributed by atoms with E-state index in [1.807, 2.05) is 109 Å². The van der Waals surface area contributed by atoms with Crippen LogP contribution in [0, 0.1) is 11.3 Å². The largest absolute Gasteiger partial charge is 0.456 e. The summed E-state index contributed by atoms with van der Waals surface area (Å²) in [4.78, 5) is 4.33. The van der Waals surface area contributed by atoms with Crippen LogP contribution in [0.4, 0.5) is 34.1 Å². The highest BCUT2D eigenvalue weighted by Gasteiger charge is 2.29. The SMILES string of the molecule is N#Cc1ccc(N(c2ccccc2)c2cc3c(c(N(c4ccccc4)c4ccc5c(c4)oc4ccccc45)c2)Oc2ccccc2O3)cc1. The number of para-hydroxylation sites is 5. The van der Waals surface area contributed by atoms with Crippen molar-refractivity contribution < 1.29 is 13.9 Å².